The Labute approximate surface area is 139 Å². The standard InChI is InChI=1S/C15H12ClF2N3O3/c1-15(2)4-3-5-6(14(23)20-24)13(22)7-11(19)10(18)9(17)8(16)12(7)21(5)15/h3-4,19H2,1-2H3. The lowest BCUT2D eigenvalue weighted by molar-refractivity contribution is 0.0998. The molecule has 1 aromatic heterocycles. The fourth-order valence-corrected chi connectivity index (χ4v) is 3.58. The first-order valence-corrected chi connectivity index (χ1v) is 7.43. The predicted octanol–water partition coefficient (Wildman–Crippen LogP) is 3.10. The molecule has 0 unspecified atom stereocenters. The van der Waals surface area contributed by atoms with Gasteiger partial charge in [0, 0.05) is 16.4 Å². The molecule has 1 aromatic carbocycles. The number of benzene rings is 1. The van der Waals surface area contributed by atoms with E-state index in [1.54, 1.807) is 13.8 Å². The summed E-state index contributed by atoms with van der Waals surface area (Å²) in [5.74, 6) is -4.12. The van der Waals surface area contributed by atoms with E-state index in [2.05, 4.69) is 5.18 Å². The summed E-state index contributed by atoms with van der Waals surface area (Å²) in [5, 5.41) is 1.28. The molecule has 2 heterocycles. The molecule has 3 rings (SSSR count). The Kier molecular flexibility index (Phi) is 3.49. The molecule has 6 nitrogen and oxygen atoms in total. The van der Waals surface area contributed by atoms with Crippen LogP contribution in [-0.4, -0.2) is 10.5 Å². The molecule has 126 valence electrons. The minimum absolute atomic E-state index is 0.0852. The molecule has 0 bridgehead atoms. The molecule has 0 radical (unpaired) electrons. The summed E-state index contributed by atoms with van der Waals surface area (Å²) in [5.41, 5.74) is 2.85. The molecule has 0 saturated heterocycles. The zero-order valence-corrected chi connectivity index (χ0v) is 13.5. The molecular weight excluding hydrogens is 344 g/mol. The Hall–Kier alpha value is -2.35. The van der Waals surface area contributed by atoms with Crippen molar-refractivity contribution in [3.63, 3.8) is 0 Å². The molecule has 2 N–H and O–H groups in total. The summed E-state index contributed by atoms with van der Waals surface area (Å²) in [6.07, 6.45) is 0.782. The van der Waals surface area contributed by atoms with E-state index in [4.69, 9.17) is 17.3 Å². The number of hydrogen-bond donors (Lipinski definition) is 1. The Morgan fingerprint density at radius 2 is 1.96 bits per heavy atom. The summed E-state index contributed by atoms with van der Waals surface area (Å²) >= 11 is 5.95. The van der Waals surface area contributed by atoms with Gasteiger partial charge in [-0.1, -0.05) is 11.6 Å². The maximum absolute atomic E-state index is 14.1. The molecule has 1 aliphatic heterocycles. The first-order chi connectivity index (χ1) is 11.1. The average molecular weight is 356 g/mol. The molecule has 1 aliphatic rings. The number of nitroso groups, excluding NO2 is 1. The normalized spacial score (nSPS) is 15.5. The fraction of sp³-hybridized carbons (Fsp3) is 0.333. The number of rotatable bonds is 1. The van der Waals surface area contributed by atoms with Crippen molar-refractivity contribution < 1.29 is 13.6 Å². The first kappa shape index (κ1) is 16.5. The lowest BCUT2D eigenvalue weighted by Gasteiger charge is -2.27. The number of halogens is 3. The number of nitrogens with zero attached hydrogens (tertiary/aromatic N) is 2. The Bertz CT molecular complexity index is 998. The van der Waals surface area contributed by atoms with E-state index < -0.39 is 50.2 Å². The Balaban J connectivity index is 2.71. The lowest BCUT2D eigenvalue weighted by Crippen LogP contribution is -2.29. The van der Waals surface area contributed by atoms with Gasteiger partial charge in [-0.05, 0) is 26.7 Å². The van der Waals surface area contributed by atoms with Gasteiger partial charge in [0.2, 0.25) is 5.43 Å². The molecule has 0 aliphatic carbocycles. The van der Waals surface area contributed by atoms with E-state index >= 15 is 0 Å². The summed E-state index contributed by atoms with van der Waals surface area (Å²) in [6.45, 7) is 3.56. The number of fused-ring (bicyclic) bond motifs is 3. The van der Waals surface area contributed by atoms with Crippen molar-refractivity contribution in [2.75, 3.05) is 5.73 Å². The molecule has 2 aromatic rings. The zero-order valence-electron chi connectivity index (χ0n) is 12.7. The maximum Gasteiger partial charge on any atom is 0.322 e. The van der Waals surface area contributed by atoms with Crippen molar-refractivity contribution in [2.24, 2.45) is 5.18 Å². The summed E-state index contributed by atoms with van der Waals surface area (Å²) in [6, 6.07) is 0. The molecule has 0 fully saturated rings. The van der Waals surface area contributed by atoms with Gasteiger partial charge in [-0.2, -0.15) is 0 Å². The molecule has 0 spiro atoms. The number of anilines is 1. The van der Waals surface area contributed by atoms with Gasteiger partial charge in [-0.3, -0.25) is 9.59 Å². The van der Waals surface area contributed by atoms with Crippen LogP contribution in [-0.2, 0) is 12.0 Å². The van der Waals surface area contributed by atoms with E-state index in [1.807, 2.05) is 0 Å². The minimum atomic E-state index is -1.47. The second-order valence-corrected chi connectivity index (χ2v) is 6.65. The van der Waals surface area contributed by atoms with E-state index in [-0.39, 0.29) is 17.6 Å². The number of aromatic nitrogens is 1. The van der Waals surface area contributed by atoms with Crippen molar-refractivity contribution in [3.8, 4) is 0 Å². The average Bonchev–Trinajstić information content (AvgIpc) is 2.84. The van der Waals surface area contributed by atoms with Crippen LogP contribution in [0.15, 0.2) is 9.97 Å². The number of amides is 1. The van der Waals surface area contributed by atoms with Crippen molar-refractivity contribution in [3.05, 3.63) is 43.0 Å². The first-order valence-electron chi connectivity index (χ1n) is 7.05. The quantitative estimate of drug-likeness (QED) is 0.483. The van der Waals surface area contributed by atoms with Crippen molar-refractivity contribution in [2.45, 2.75) is 32.2 Å². The van der Waals surface area contributed by atoms with E-state index in [1.165, 1.54) is 4.57 Å². The number of nitrogens with two attached hydrogens (primary N) is 1. The van der Waals surface area contributed by atoms with Crippen LogP contribution in [0, 0.1) is 16.5 Å². The van der Waals surface area contributed by atoms with Crippen molar-refractivity contribution in [1.29, 1.82) is 0 Å². The highest BCUT2D eigenvalue weighted by atomic mass is 35.5. The van der Waals surface area contributed by atoms with Crippen LogP contribution in [0.4, 0.5) is 14.5 Å². The lowest BCUT2D eigenvalue weighted by atomic mass is 10.0. The number of hydrogen-bond acceptors (Lipinski definition) is 4. The summed E-state index contributed by atoms with van der Waals surface area (Å²) in [4.78, 5) is 35.2. The topological polar surface area (TPSA) is 94.5 Å². The smallest absolute Gasteiger partial charge is 0.322 e. The van der Waals surface area contributed by atoms with Gasteiger partial charge < -0.3 is 10.3 Å². The molecule has 9 heteroatoms. The van der Waals surface area contributed by atoms with Gasteiger partial charge in [0.05, 0.1) is 16.6 Å². The SMILES string of the molecule is CC1(C)CCc2c(C(=O)N=O)c(=O)c3c(N)c(F)c(F)c(Cl)c3n21. The molecule has 0 saturated carbocycles. The number of pyridine rings is 1. The van der Waals surface area contributed by atoms with Crippen LogP contribution in [0.2, 0.25) is 5.02 Å². The van der Waals surface area contributed by atoms with Gasteiger partial charge in [-0.25, -0.2) is 8.78 Å². The van der Waals surface area contributed by atoms with Gasteiger partial charge in [0.1, 0.15) is 10.6 Å². The van der Waals surface area contributed by atoms with E-state index in [0.717, 1.165) is 0 Å². The zero-order chi connectivity index (χ0) is 18.0. The fourth-order valence-electron chi connectivity index (χ4n) is 3.32. The largest absolute Gasteiger partial charge is 0.396 e. The van der Waals surface area contributed by atoms with E-state index in [9.17, 15) is 23.3 Å². The van der Waals surface area contributed by atoms with E-state index in [0.29, 0.717) is 6.42 Å². The molecule has 0 atom stereocenters. The summed E-state index contributed by atoms with van der Waals surface area (Å²) < 4.78 is 29.5. The monoisotopic (exact) mass is 355 g/mol. The molecular formula is C15H12ClF2N3O3. The number of nitrogen functional groups attached to an aromatic ring is 1. The highest BCUT2D eigenvalue weighted by molar-refractivity contribution is 6.36. The van der Waals surface area contributed by atoms with Crippen LogP contribution in [0.25, 0.3) is 10.9 Å². The van der Waals surface area contributed by atoms with Crippen LogP contribution >= 0.6 is 11.6 Å². The third-order valence-corrected chi connectivity index (χ3v) is 4.79. The van der Waals surface area contributed by atoms with Crippen LogP contribution < -0.4 is 11.2 Å². The van der Waals surface area contributed by atoms with Crippen LogP contribution in [0.5, 0.6) is 0 Å². The highest BCUT2D eigenvalue weighted by Crippen LogP contribution is 2.41. The predicted molar refractivity (Wildman–Crippen MR) is 85.3 cm³/mol. The number of carbonyl (C=O) groups is 1. The second kappa shape index (κ2) is 5.07. The van der Waals surface area contributed by atoms with Gasteiger partial charge in [-0.15, -0.1) is 4.91 Å². The summed E-state index contributed by atoms with van der Waals surface area (Å²) in [7, 11) is 0. The highest BCUT2D eigenvalue weighted by Gasteiger charge is 2.38. The third kappa shape index (κ3) is 1.92. The van der Waals surface area contributed by atoms with Crippen molar-refractivity contribution >= 4 is 34.1 Å². The molecule has 24 heavy (non-hydrogen) atoms. The minimum Gasteiger partial charge on any atom is -0.396 e. The third-order valence-electron chi connectivity index (χ3n) is 4.45. The Morgan fingerprint density at radius 1 is 1.33 bits per heavy atom. The molecule has 1 amide bonds. The van der Waals surface area contributed by atoms with Gasteiger partial charge in [0.15, 0.2) is 11.6 Å². The van der Waals surface area contributed by atoms with Crippen molar-refractivity contribution in [1.82, 2.24) is 4.57 Å². The second-order valence-electron chi connectivity index (χ2n) is 6.27. The van der Waals surface area contributed by atoms with Gasteiger partial charge >= 0.3 is 5.91 Å². The van der Waals surface area contributed by atoms with Crippen LogP contribution in [0.3, 0.4) is 0 Å². The van der Waals surface area contributed by atoms with Gasteiger partial charge in [0.25, 0.3) is 0 Å². The number of carbonyl (C=O) groups excluding carboxylic acids is 1. The van der Waals surface area contributed by atoms with Crippen LogP contribution in [0.1, 0.15) is 36.3 Å². The maximum atomic E-state index is 14.1. The Morgan fingerprint density at radius 3 is 2.54 bits per heavy atom.